The Morgan fingerprint density at radius 3 is 2.53 bits per heavy atom. The monoisotopic (exact) mass is 292 g/mol. The van der Waals surface area contributed by atoms with E-state index in [1.807, 2.05) is 30.3 Å². The fourth-order valence-corrected chi connectivity index (χ4v) is 2.16. The number of hydrogen-bond donors (Lipinski definition) is 2. The molecule has 0 saturated heterocycles. The van der Waals surface area contributed by atoms with Crippen LogP contribution in [0.2, 0.25) is 0 Å². The van der Waals surface area contributed by atoms with Gasteiger partial charge in [0.1, 0.15) is 5.75 Å². The lowest BCUT2D eigenvalue weighted by atomic mass is 10.0. The van der Waals surface area contributed by atoms with E-state index in [0.29, 0.717) is 6.42 Å². The Morgan fingerprint density at radius 2 is 1.82 bits per heavy atom. The van der Waals surface area contributed by atoms with Crippen molar-refractivity contribution in [3.63, 3.8) is 0 Å². The maximum atomic E-state index is 10.1. The molecule has 2 aromatic carbocycles. The van der Waals surface area contributed by atoms with Crippen LogP contribution in [0.1, 0.15) is 17.2 Å². The standard InChI is InChI=1S/C14H13BrO2/c15-12-5-2-4-11(9-12)14(17)8-10-3-1-6-13(16)7-10/h1-7,9,14,16-17H,8H2. The second kappa shape index (κ2) is 5.34. The van der Waals surface area contributed by atoms with Crippen molar-refractivity contribution in [1.29, 1.82) is 0 Å². The largest absolute Gasteiger partial charge is 0.508 e. The van der Waals surface area contributed by atoms with Gasteiger partial charge in [-0.2, -0.15) is 0 Å². The summed E-state index contributed by atoms with van der Waals surface area (Å²) in [6.45, 7) is 0. The summed E-state index contributed by atoms with van der Waals surface area (Å²) in [5.41, 5.74) is 1.78. The Bertz CT molecular complexity index is 511. The number of benzene rings is 2. The van der Waals surface area contributed by atoms with E-state index in [4.69, 9.17) is 0 Å². The quantitative estimate of drug-likeness (QED) is 0.910. The van der Waals surface area contributed by atoms with Crippen LogP contribution in [0.15, 0.2) is 53.0 Å². The van der Waals surface area contributed by atoms with E-state index in [9.17, 15) is 10.2 Å². The fourth-order valence-electron chi connectivity index (χ4n) is 1.74. The van der Waals surface area contributed by atoms with Crippen molar-refractivity contribution in [2.24, 2.45) is 0 Å². The number of phenolic OH excluding ortho intramolecular Hbond substituents is 1. The molecule has 2 nitrogen and oxygen atoms in total. The molecule has 0 aromatic heterocycles. The van der Waals surface area contributed by atoms with Gasteiger partial charge in [0, 0.05) is 10.9 Å². The van der Waals surface area contributed by atoms with Crippen LogP contribution >= 0.6 is 15.9 Å². The molecule has 3 heteroatoms. The van der Waals surface area contributed by atoms with Crippen LogP contribution in [0.4, 0.5) is 0 Å². The van der Waals surface area contributed by atoms with Crippen LogP contribution in [0.5, 0.6) is 5.75 Å². The highest BCUT2D eigenvalue weighted by atomic mass is 79.9. The highest BCUT2D eigenvalue weighted by Crippen LogP contribution is 2.22. The number of phenols is 1. The van der Waals surface area contributed by atoms with Crippen molar-refractivity contribution in [2.45, 2.75) is 12.5 Å². The van der Waals surface area contributed by atoms with Gasteiger partial charge < -0.3 is 10.2 Å². The smallest absolute Gasteiger partial charge is 0.115 e. The molecule has 17 heavy (non-hydrogen) atoms. The van der Waals surface area contributed by atoms with Gasteiger partial charge in [-0.05, 0) is 35.4 Å². The summed E-state index contributed by atoms with van der Waals surface area (Å²) in [5.74, 6) is 0.226. The average molecular weight is 293 g/mol. The molecule has 88 valence electrons. The van der Waals surface area contributed by atoms with Gasteiger partial charge in [-0.3, -0.25) is 0 Å². The zero-order valence-electron chi connectivity index (χ0n) is 9.18. The first kappa shape index (κ1) is 12.1. The van der Waals surface area contributed by atoms with E-state index in [-0.39, 0.29) is 5.75 Å². The van der Waals surface area contributed by atoms with Crippen LogP contribution in [0.25, 0.3) is 0 Å². The van der Waals surface area contributed by atoms with E-state index in [1.165, 1.54) is 0 Å². The number of rotatable bonds is 3. The third kappa shape index (κ3) is 3.32. The van der Waals surface area contributed by atoms with Crippen LogP contribution in [0, 0.1) is 0 Å². The molecule has 1 unspecified atom stereocenters. The number of halogens is 1. The van der Waals surface area contributed by atoms with E-state index in [1.54, 1.807) is 18.2 Å². The first-order valence-electron chi connectivity index (χ1n) is 5.36. The number of aliphatic hydroxyl groups excluding tert-OH is 1. The van der Waals surface area contributed by atoms with E-state index in [2.05, 4.69) is 15.9 Å². The Balaban J connectivity index is 2.14. The highest BCUT2D eigenvalue weighted by molar-refractivity contribution is 9.10. The predicted molar refractivity (Wildman–Crippen MR) is 70.9 cm³/mol. The second-order valence-corrected chi connectivity index (χ2v) is 4.86. The molecular weight excluding hydrogens is 280 g/mol. The molecule has 0 saturated carbocycles. The molecule has 0 heterocycles. The van der Waals surface area contributed by atoms with Gasteiger partial charge in [0.15, 0.2) is 0 Å². The van der Waals surface area contributed by atoms with Gasteiger partial charge in [0.25, 0.3) is 0 Å². The van der Waals surface area contributed by atoms with Crippen LogP contribution < -0.4 is 0 Å². The van der Waals surface area contributed by atoms with E-state index in [0.717, 1.165) is 15.6 Å². The van der Waals surface area contributed by atoms with E-state index < -0.39 is 6.10 Å². The number of hydrogen-bond acceptors (Lipinski definition) is 2. The zero-order valence-corrected chi connectivity index (χ0v) is 10.8. The number of aromatic hydroxyl groups is 1. The summed E-state index contributed by atoms with van der Waals surface area (Å²) in [4.78, 5) is 0. The molecule has 0 amide bonds. The van der Waals surface area contributed by atoms with Gasteiger partial charge in [-0.15, -0.1) is 0 Å². The molecule has 2 aromatic rings. The van der Waals surface area contributed by atoms with Gasteiger partial charge in [-0.1, -0.05) is 40.2 Å². The molecule has 2 rings (SSSR count). The minimum Gasteiger partial charge on any atom is -0.508 e. The van der Waals surface area contributed by atoms with Crippen molar-refractivity contribution in [3.05, 3.63) is 64.1 Å². The minimum absolute atomic E-state index is 0.226. The SMILES string of the molecule is Oc1cccc(CC(O)c2cccc(Br)c2)c1. The Hall–Kier alpha value is -1.32. The lowest BCUT2D eigenvalue weighted by molar-refractivity contribution is 0.178. The Labute approximate surface area is 109 Å². The van der Waals surface area contributed by atoms with Crippen LogP contribution in [-0.2, 0) is 6.42 Å². The molecule has 0 fully saturated rings. The summed E-state index contributed by atoms with van der Waals surface area (Å²) in [7, 11) is 0. The van der Waals surface area contributed by atoms with E-state index >= 15 is 0 Å². The van der Waals surface area contributed by atoms with Gasteiger partial charge >= 0.3 is 0 Å². The number of aliphatic hydroxyl groups is 1. The molecule has 0 bridgehead atoms. The molecule has 0 radical (unpaired) electrons. The third-order valence-corrected chi connectivity index (χ3v) is 3.07. The Morgan fingerprint density at radius 1 is 1.06 bits per heavy atom. The first-order valence-corrected chi connectivity index (χ1v) is 6.16. The second-order valence-electron chi connectivity index (χ2n) is 3.94. The van der Waals surface area contributed by atoms with Gasteiger partial charge in [0.2, 0.25) is 0 Å². The first-order chi connectivity index (χ1) is 8.15. The average Bonchev–Trinajstić information content (AvgIpc) is 2.29. The third-order valence-electron chi connectivity index (χ3n) is 2.57. The maximum absolute atomic E-state index is 10.1. The predicted octanol–water partition coefficient (Wildman–Crippen LogP) is 3.43. The summed E-state index contributed by atoms with van der Waals surface area (Å²) in [6.07, 6.45) is -0.0699. The fraction of sp³-hybridized carbons (Fsp3) is 0.143. The zero-order chi connectivity index (χ0) is 12.3. The molecule has 1 atom stereocenters. The molecule has 0 spiro atoms. The van der Waals surface area contributed by atoms with Crippen molar-refractivity contribution in [1.82, 2.24) is 0 Å². The summed E-state index contributed by atoms with van der Waals surface area (Å²) < 4.78 is 0.949. The lowest BCUT2D eigenvalue weighted by Crippen LogP contribution is -2.01. The van der Waals surface area contributed by atoms with Gasteiger partial charge in [-0.25, -0.2) is 0 Å². The summed E-state index contributed by atoms with van der Waals surface area (Å²) in [6, 6.07) is 14.6. The Kier molecular flexibility index (Phi) is 3.82. The maximum Gasteiger partial charge on any atom is 0.115 e. The van der Waals surface area contributed by atoms with Crippen molar-refractivity contribution in [2.75, 3.05) is 0 Å². The molecule has 0 aliphatic carbocycles. The van der Waals surface area contributed by atoms with Crippen LogP contribution in [-0.4, -0.2) is 10.2 Å². The van der Waals surface area contributed by atoms with Crippen LogP contribution in [0.3, 0.4) is 0 Å². The summed E-state index contributed by atoms with van der Waals surface area (Å²) >= 11 is 3.38. The van der Waals surface area contributed by atoms with Crippen molar-refractivity contribution >= 4 is 15.9 Å². The normalized spacial score (nSPS) is 12.4. The van der Waals surface area contributed by atoms with Crippen molar-refractivity contribution < 1.29 is 10.2 Å². The molecular formula is C14H13BrO2. The summed E-state index contributed by atoms with van der Waals surface area (Å²) in [5, 5.41) is 19.4. The highest BCUT2D eigenvalue weighted by Gasteiger charge is 2.09. The van der Waals surface area contributed by atoms with Crippen molar-refractivity contribution in [3.8, 4) is 5.75 Å². The molecule has 0 aliphatic rings. The van der Waals surface area contributed by atoms with Gasteiger partial charge in [0.05, 0.1) is 6.10 Å². The minimum atomic E-state index is -0.561. The topological polar surface area (TPSA) is 40.5 Å². The lowest BCUT2D eigenvalue weighted by Gasteiger charge is -2.11. The molecule has 0 aliphatic heterocycles. The molecule has 2 N–H and O–H groups in total.